The van der Waals surface area contributed by atoms with Crippen molar-refractivity contribution in [2.24, 2.45) is 0 Å². The van der Waals surface area contributed by atoms with E-state index < -0.39 is 5.25 Å². The lowest BCUT2D eigenvalue weighted by atomic mass is 10.2. The van der Waals surface area contributed by atoms with E-state index in [4.69, 9.17) is 0 Å². The van der Waals surface area contributed by atoms with Crippen LogP contribution in [0.4, 0.5) is 11.5 Å². The summed E-state index contributed by atoms with van der Waals surface area (Å²) in [4.78, 5) is 46.9. The lowest BCUT2D eigenvalue weighted by Crippen LogP contribution is -2.51. The number of pyridine rings is 1. The van der Waals surface area contributed by atoms with E-state index >= 15 is 0 Å². The Morgan fingerprint density at radius 3 is 2.66 bits per heavy atom. The van der Waals surface area contributed by atoms with Gasteiger partial charge in [0, 0.05) is 24.2 Å². The van der Waals surface area contributed by atoms with Crippen LogP contribution in [-0.4, -0.2) is 52.5 Å². The molecule has 2 aliphatic rings. The highest BCUT2D eigenvalue weighted by atomic mass is 32.2. The van der Waals surface area contributed by atoms with Gasteiger partial charge in [0.1, 0.15) is 12.4 Å². The second kappa shape index (κ2) is 8.24. The molecule has 8 heteroatoms. The molecule has 150 valence electrons. The molecule has 2 aliphatic heterocycles. The fraction of sp³-hybridized carbons (Fsp3) is 0.333. The average molecular weight is 410 g/mol. The zero-order chi connectivity index (χ0) is 20.4. The number of nitrogens with one attached hydrogen (secondary N) is 1. The second-order valence-corrected chi connectivity index (χ2v) is 8.34. The first-order chi connectivity index (χ1) is 14.0. The first kappa shape index (κ1) is 19.4. The minimum atomic E-state index is -0.853. The lowest BCUT2D eigenvalue weighted by molar-refractivity contribution is -0.134. The zero-order valence-corrected chi connectivity index (χ0v) is 16.9. The van der Waals surface area contributed by atoms with Crippen molar-refractivity contribution >= 4 is 41.0 Å². The predicted octanol–water partition coefficient (Wildman–Crippen LogP) is 2.46. The summed E-state index contributed by atoms with van der Waals surface area (Å²) in [6.45, 7) is 3.11. The van der Waals surface area contributed by atoms with Crippen LogP contribution in [0, 0.1) is 6.92 Å². The first-order valence-corrected chi connectivity index (χ1v) is 10.5. The van der Waals surface area contributed by atoms with E-state index in [1.54, 1.807) is 23.2 Å². The molecular formula is C21H22N4O3S. The molecule has 1 atom stereocenters. The van der Waals surface area contributed by atoms with Gasteiger partial charge >= 0.3 is 0 Å². The van der Waals surface area contributed by atoms with E-state index in [9.17, 15) is 14.4 Å². The summed E-state index contributed by atoms with van der Waals surface area (Å²) in [6.07, 6.45) is 3.59. The van der Waals surface area contributed by atoms with Crippen molar-refractivity contribution in [2.45, 2.75) is 29.9 Å². The van der Waals surface area contributed by atoms with Crippen molar-refractivity contribution in [1.29, 1.82) is 0 Å². The van der Waals surface area contributed by atoms with Gasteiger partial charge in [-0.25, -0.2) is 4.98 Å². The SMILES string of the molecule is Cc1ccc(NC(=O)CN2C(=O)[C@@H](C(=O)N3CCCC3)Sc3ccccc32)nc1. The van der Waals surface area contributed by atoms with Crippen LogP contribution in [0.15, 0.2) is 47.5 Å². The fourth-order valence-electron chi connectivity index (χ4n) is 3.51. The van der Waals surface area contributed by atoms with Crippen LogP contribution >= 0.6 is 11.8 Å². The van der Waals surface area contributed by atoms with E-state index in [1.807, 2.05) is 31.2 Å². The van der Waals surface area contributed by atoms with Crippen molar-refractivity contribution in [3.63, 3.8) is 0 Å². The van der Waals surface area contributed by atoms with Crippen LogP contribution in [0.1, 0.15) is 18.4 Å². The topological polar surface area (TPSA) is 82.6 Å². The number of likely N-dealkylation sites (tertiary alicyclic amines) is 1. The molecular weight excluding hydrogens is 388 g/mol. The van der Waals surface area contributed by atoms with Crippen molar-refractivity contribution in [1.82, 2.24) is 9.88 Å². The highest BCUT2D eigenvalue weighted by Crippen LogP contribution is 2.39. The van der Waals surface area contributed by atoms with E-state index in [2.05, 4.69) is 10.3 Å². The number of nitrogens with zero attached hydrogens (tertiary/aromatic N) is 3. The number of hydrogen-bond acceptors (Lipinski definition) is 5. The van der Waals surface area contributed by atoms with E-state index in [0.29, 0.717) is 24.6 Å². The maximum absolute atomic E-state index is 13.2. The largest absolute Gasteiger partial charge is 0.341 e. The molecule has 1 aromatic heterocycles. The maximum atomic E-state index is 13.2. The predicted molar refractivity (Wildman–Crippen MR) is 112 cm³/mol. The molecule has 0 saturated carbocycles. The van der Waals surface area contributed by atoms with Crippen molar-refractivity contribution < 1.29 is 14.4 Å². The van der Waals surface area contributed by atoms with Crippen LogP contribution in [-0.2, 0) is 14.4 Å². The van der Waals surface area contributed by atoms with Crippen molar-refractivity contribution in [3.8, 4) is 0 Å². The number of aromatic nitrogens is 1. The molecule has 0 aliphatic carbocycles. The number of fused-ring (bicyclic) bond motifs is 1. The lowest BCUT2D eigenvalue weighted by Gasteiger charge is -2.34. The maximum Gasteiger partial charge on any atom is 0.250 e. The Labute approximate surface area is 173 Å². The Balaban J connectivity index is 1.55. The van der Waals surface area contributed by atoms with Gasteiger partial charge in [0.2, 0.25) is 11.8 Å². The van der Waals surface area contributed by atoms with Gasteiger partial charge in [-0.3, -0.25) is 14.4 Å². The minimum Gasteiger partial charge on any atom is -0.341 e. The Morgan fingerprint density at radius 2 is 1.93 bits per heavy atom. The number of carbonyl (C=O) groups is 3. The molecule has 29 heavy (non-hydrogen) atoms. The number of carbonyl (C=O) groups excluding carboxylic acids is 3. The summed E-state index contributed by atoms with van der Waals surface area (Å²) >= 11 is 1.27. The van der Waals surface area contributed by atoms with Crippen LogP contribution in [0.5, 0.6) is 0 Å². The van der Waals surface area contributed by atoms with Gasteiger partial charge in [-0.15, -0.1) is 11.8 Å². The average Bonchev–Trinajstić information content (AvgIpc) is 3.26. The minimum absolute atomic E-state index is 0.169. The molecule has 2 aromatic rings. The molecule has 1 fully saturated rings. The summed E-state index contributed by atoms with van der Waals surface area (Å²) in [5, 5.41) is 1.87. The van der Waals surface area contributed by atoms with E-state index in [-0.39, 0.29) is 24.3 Å². The van der Waals surface area contributed by atoms with Crippen LogP contribution in [0.2, 0.25) is 0 Å². The zero-order valence-electron chi connectivity index (χ0n) is 16.1. The third kappa shape index (κ3) is 4.12. The standard InChI is InChI=1S/C21H22N4O3S/c1-14-8-9-17(22-12-14)23-18(26)13-25-15-6-2-3-7-16(15)29-19(21(25)28)20(27)24-10-4-5-11-24/h2-3,6-9,12,19H,4-5,10-11,13H2,1H3,(H,22,23,26)/t19-/m1/s1. The number of benzene rings is 1. The van der Waals surface area contributed by atoms with Crippen LogP contribution in [0.25, 0.3) is 0 Å². The summed E-state index contributed by atoms with van der Waals surface area (Å²) in [5.74, 6) is -0.448. The van der Waals surface area contributed by atoms with E-state index in [1.165, 1.54) is 16.7 Å². The van der Waals surface area contributed by atoms with Gasteiger partial charge in [0.15, 0.2) is 5.25 Å². The summed E-state index contributed by atoms with van der Waals surface area (Å²) < 4.78 is 0. The summed E-state index contributed by atoms with van der Waals surface area (Å²) in [5.41, 5.74) is 1.64. The van der Waals surface area contributed by atoms with Gasteiger partial charge in [0.25, 0.3) is 5.91 Å². The highest BCUT2D eigenvalue weighted by molar-refractivity contribution is 8.01. The summed E-state index contributed by atoms with van der Waals surface area (Å²) in [6, 6.07) is 10.9. The summed E-state index contributed by atoms with van der Waals surface area (Å²) in [7, 11) is 0. The number of amides is 3. The van der Waals surface area contributed by atoms with Crippen LogP contribution in [0.3, 0.4) is 0 Å². The molecule has 1 N–H and O–H groups in total. The first-order valence-electron chi connectivity index (χ1n) is 9.61. The Hall–Kier alpha value is -2.87. The molecule has 4 rings (SSSR count). The number of anilines is 2. The van der Waals surface area contributed by atoms with Crippen LogP contribution < -0.4 is 10.2 Å². The molecule has 0 spiro atoms. The number of hydrogen-bond donors (Lipinski definition) is 1. The fourth-order valence-corrected chi connectivity index (χ4v) is 4.70. The molecule has 0 bridgehead atoms. The molecule has 3 heterocycles. The molecule has 1 saturated heterocycles. The number of para-hydroxylation sites is 1. The molecule has 1 aromatic carbocycles. The molecule has 0 radical (unpaired) electrons. The Bertz CT molecular complexity index is 941. The molecule has 3 amide bonds. The number of thioether (sulfide) groups is 1. The highest BCUT2D eigenvalue weighted by Gasteiger charge is 2.41. The molecule has 0 unspecified atom stereocenters. The smallest absolute Gasteiger partial charge is 0.250 e. The third-order valence-corrected chi connectivity index (χ3v) is 6.25. The monoisotopic (exact) mass is 410 g/mol. The van der Waals surface area contributed by atoms with E-state index in [0.717, 1.165) is 23.3 Å². The quantitative estimate of drug-likeness (QED) is 0.783. The second-order valence-electron chi connectivity index (χ2n) is 7.19. The van der Waals surface area contributed by atoms with Gasteiger partial charge in [-0.05, 0) is 43.5 Å². The van der Waals surface area contributed by atoms with Crippen molar-refractivity contribution in [2.75, 3.05) is 29.9 Å². The van der Waals surface area contributed by atoms with Gasteiger partial charge in [0.05, 0.1) is 5.69 Å². The number of rotatable bonds is 4. The Morgan fingerprint density at radius 1 is 1.17 bits per heavy atom. The van der Waals surface area contributed by atoms with Gasteiger partial charge < -0.3 is 15.1 Å². The third-order valence-electron chi connectivity index (χ3n) is 5.01. The molecule has 7 nitrogen and oxygen atoms in total. The van der Waals surface area contributed by atoms with Gasteiger partial charge in [-0.1, -0.05) is 18.2 Å². The number of aryl methyl sites for hydroxylation is 1. The Kier molecular flexibility index (Phi) is 5.53. The van der Waals surface area contributed by atoms with Crippen molar-refractivity contribution in [3.05, 3.63) is 48.2 Å². The normalized spacial score (nSPS) is 18.5. The van der Waals surface area contributed by atoms with Gasteiger partial charge in [-0.2, -0.15) is 0 Å².